The predicted molar refractivity (Wildman–Crippen MR) is 72.7 cm³/mol. The van der Waals surface area contributed by atoms with Crippen molar-refractivity contribution in [2.45, 2.75) is 13.3 Å². The third kappa shape index (κ3) is 3.94. The molecule has 1 rings (SSSR count). The fourth-order valence-corrected chi connectivity index (χ4v) is 2.00. The van der Waals surface area contributed by atoms with Crippen LogP contribution in [-0.4, -0.2) is 26.0 Å². The number of halogens is 1. The Hall–Kier alpha value is -1.73. The van der Waals surface area contributed by atoms with Crippen LogP contribution in [0, 0.1) is 11.3 Å². The summed E-state index contributed by atoms with van der Waals surface area (Å²) in [4.78, 5) is 12.7. The van der Waals surface area contributed by atoms with Crippen LogP contribution in [0.2, 0.25) is 5.02 Å². The molecule has 4 nitrogen and oxygen atoms in total. The molecule has 0 unspecified atom stereocenters. The van der Waals surface area contributed by atoms with Gasteiger partial charge in [0.05, 0.1) is 16.3 Å². The topological polar surface area (TPSA) is 56.1 Å². The molecule has 1 amide bonds. The lowest BCUT2D eigenvalue weighted by atomic mass is 10.1. The first-order chi connectivity index (χ1) is 8.56. The van der Waals surface area contributed by atoms with Gasteiger partial charge in [-0.15, -0.1) is 0 Å². The largest absolute Gasteiger partial charge is 0.372 e. The lowest BCUT2D eigenvalue weighted by Gasteiger charge is -2.21. The number of rotatable bonds is 5. The molecule has 0 spiro atoms. The molecule has 5 heteroatoms. The maximum Gasteiger partial charge on any atom is 0.216 e. The van der Waals surface area contributed by atoms with Crippen molar-refractivity contribution in [3.63, 3.8) is 0 Å². The molecule has 18 heavy (non-hydrogen) atoms. The number of anilines is 1. The normalized spacial score (nSPS) is 9.67. The van der Waals surface area contributed by atoms with Gasteiger partial charge in [0.1, 0.15) is 6.07 Å². The van der Waals surface area contributed by atoms with E-state index in [1.807, 2.05) is 11.9 Å². The number of hydrogen-bond acceptors (Lipinski definition) is 3. The standard InChI is InChI=1S/C13H16ClN3O/c1-10(18)16-7-4-8-17(2)13-11(9-15)5-3-6-12(13)14/h3,5-6H,4,7-8H2,1-2H3,(H,16,18). The highest BCUT2D eigenvalue weighted by Crippen LogP contribution is 2.28. The van der Waals surface area contributed by atoms with Gasteiger partial charge < -0.3 is 10.2 Å². The first-order valence-electron chi connectivity index (χ1n) is 5.70. The third-order valence-electron chi connectivity index (χ3n) is 2.53. The van der Waals surface area contributed by atoms with E-state index in [4.69, 9.17) is 16.9 Å². The molecular formula is C13H16ClN3O. The van der Waals surface area contributed by atoms with Crippen molar-refractivity contribution in [1.29, 1.82) is 5.26 Å². The number of amides is 1. The molecule has 0 aliphatic rings. The number of para-hydroxylation sites is 1. The highest BCUT2D eigenvalue weighted by atomic mass is 35.5. The van der Waals surface area contributed by atoms with Crippen molar-refractivity contribution in [2.24, 2.45) is 0 Å². The molecule has 0 aliphatic carbocycles. The SMILES string of the molecule is CC(=O)NCCCN(C)c1c(Cl)cccc1C#N. The average molecular weight is 266 g/mol. The van der Waals surface area contributed by atoms with Gasteiger partial charge in [-0.2, -0.15) is 5.26 Å². The van der Waals surface area contributed by atoms with Crippen molar-refractivity contribution in [3.05, 3.63) is 28.8 Å². The lowest BCUT2D eigenvalue weighted by molar-refractivity contribution is -0.118. The maximum atomic E-state index is 10.7. The van der Waals surface area contributed by atoms with Gasteiger partial charge in [0.15, 0.2) is 0 Å². The molecule has 1 aromatic rings. The summed E-state index contributed by atoms with van der Waals surface area (Å²) >= 11 is 6.10. The summed E-state index contributed by atoms with van der Waals surface area (Å²) < 4.78 is 0. The number of nitrogens with zero attached hydrogens (tertiary/aromatic N) is 2. The quantitative estimate of drug-likeness (QED) is 0.830. The van der Waals surface area contributed by atoms with Crippen molar-refractivity contribution >= 4 is 23.2 Å². The van der Waals surface area contributed by atoms with Gasteiger partial charge in [0, 0.05) is 27.1 Å². The smallest absolute Gasteiger partial charge is 0.216 e. The number of hydrogen-bond donors (Lipinski definition) is 1. The van der Waals surface area contributed by atoms with Gasteiger partial charge in [-0.25, -0.2) is 0 Å². The van der Waals surface area contributed by atoms with Crippen LogP contribution in [0.3, 0.4) is 0 Å². The van der Waals surface area contributed by atoms with E-state index in [0.29, 0.717) is 17.1 Å². The molecule has 0 aromatic heterocycles. The van der Waals surface area contributed by atoms with E-state index in [1.165, 1.54) is 6.92 Å². The van der Waals surface area contributed by atoms with E-state index in [2.05, 4.69) is 11.4 Å². The van der Waals surface area contributed by atoms with Gasteiger partial charge in [-0.1, -0.05) is 17.7 Å². The van der Waals surface area contributed by atoms with E-state index in [-0.39, 0.29) is 5.91 Å². The Balaban J connectivity index is 2.64. The van der Waals surface area contributed by atoms with Crippen LogP contribution < -0.4 is 10.2 Å². The van der Waals surface area contributed by atoms with E-state index < -0.39 is 0 Å². The van der Waals surface area contributed by atoms with Crippen LogP contribution in [-0.2, 0) is 4.79 Å². The second-order valence-electron chi connectivity index (χ2n) is 4.01. The zero-order valence-corrected chi connectivity index (χ0v) is 11.3. The van der Waals surface area contributed by atoms with E-state index in [9.17, 15) is 4.79 Å². The van der Waals surface area contributed by atoms with Crippen molar-refractivity contribution in [3.8, 4) is 6.07 Å². The van der Waals surface area contributed by atoms with Crippen molar-refractivity contribution in [2.75, 3.05) is 25.0 Å². The lowest BCUT2D eigenvalue weighted by Crippen LogP contribution is -2.26. The van der Waals surface area contributed by atoms with Gasteiger partial charge in [-0.3, -0.25) is 4.79 Å². The zero-order valence-electron chi connectivity index (χ0n) is 10.5. The highest BCUT2D eigenvalue weighted by molar-refractivity contribution is 6.33. The average Bonchev–Trinajstić information content (AvgIpc) is 2.33. The summed E-state index contributed by atoms with van der Waals surface area (Å²) in [6.45, 7) is 2.83. The van der Waals surface area contributed by atoms with Crippen LogP contribution in [0.5, 0.6) is 0 Å². The number of carbonyl (C=O) groups excluding carboxylic acids is 1. The van der Waals surface area contributed by atoms with E-state index in [0.717, 1.165) is 18.7 Å². The van der Waals surface area contributed by atoms with Gasteiger partial charge in [0.2, 0.25) is 5.91 Å². The molecule has 0 fully saturated rings. The molecule has 0 aliphatic heterocycles. The second-order valence-corrected chi connectivity index (χ2v) is 4.41. The molecule has 0 saturated carbocycles. The van der Waals surface area contributed by atoms with Crippen molar-refractivity contribution < 1.29 is 4.79 Å². The minimum absolute atomic E-state index is 0.0342. The Bertz CT molecular complexity index is 468. The van der Waals surface area contributed by atoms with E-state index >= 15 is 0 Å². The molecule has 1 aromatic carbocycles. The van der Waals surface area contributed by atoms with Crippen LogP contribution in [0.15, 0.2) is 18.2 Å². The molecule has 0 radical (unpaired) electrons. The summed E-state index contributed by atoms with van der Waals surface area (Å²) in [5.41, 5.74) is 1.30. The number of nitriles is 1. The van der Waals surface area contributed by atoms with Crippen LogP contribution >= 0.6 is 11.6 Å². The zero-order chi connectivity index (χ0) is 13.5. The molecule has 0 bridgehead atoms. The van der Waals surface area contributed by atoms with Gasteiger partial charge >= 0.3 is 0 Å². The summed E-state index contributed by atoms with van der Waals surface area (Å²) in [6.07, 6.45) is 0.798. The molecule has 0 heterocycles. The molecular weight excluding hydrogens is 250 g/mol. The Morgan fingerprint density at radius 2 is 2.28 bits per heavy atom. The first kappa shape index (κ1) is 14.3. The predicted octanol–water partition coefficient (Wildman–Crippen LogP) is 2.17. The van der Waals surface area contributed by atoms with Crippen molar-refractivity contribution in [1.82, 2.24) is 5.32 Å². The monoisotopic (exact) mass is 265 g/mol. The maximum absolute atomic E-state index is 10.7. The minimum Gasteiger partial charge on any atom is -0.372 e. The summed E-state index contributed by atoms with van der Waals surface area (Å²) in [5, 5.41) is 12.3. The Kier molecular flexibility index (Phi) is 5.47. The fraction of sp³-hybridized carbons (Fsp3) is 0.385. The van der Waals surface area contributed by atoms with Gasteiger partial charge in [0.25, 0.3) is 0 Å². The Morgan fingerprint density at radius 1 is 1.56 bits per heavy atom. The number of benzene rings is 1. The molecule has 0 atom stereocenters. The summed E-state index contributed by atoms with van der Waals surface area (Å²) in [7, 11) is 1.88. The molecule has 1 N–H and O–H groups in total. The van der Waals surface area contributed by atoms with Gasteiger partial charge in [-0.05, 0) is 18.6 Å². The van der Waals surface area contributed by atoms with Crippen LogP contribution in [0.4, 0.5) is 5.69 Å². The first-order valence-corrected chi connectivity index (χ1v) is 6.08. The summed E-state index contributed by atoms with van der Waals surface area (Å²) in [6, 6.07) is 7.40. The Labute approximate surface area is 112 Å². The molecule has 0 saturated heterocycles. The van der Waals surface area contributed by atoms with Crippen LogP contribution in [0.25, 0.3) is 0 Å². The Morgan fingerprint density at radius 3 is 2.89 bits per heavy atom. The fourth-order valence-electron chi connectivity index (χ4n) is 1.69. The highest BCUT2D eigenvalue weighted by Gasteiger charge is 2.11. The third-order valence-corrected chi connectivity index (χ3v) is 2.84. The number of carbonyl (C=O) groups is 1. The van der Waals surface area contributed by atoms with Crippen LogP contribution in [0.1, 0.15) is 18.9 Å². The van der Waals surface area contributed by atoms with E-state index in [1.54, 1.807) is 18.2 Å². The second kappa shape index (κ2) is 6.87. The number of nitrogens with one attached hydrogen (secondary N) is 1. The summed E-state index contributed by atoms with van der Waals surface area (Å²) in [5.74, 6) is -0.0342. The minimum atomic E-state index is -0.0342. The molecule has 96 valence electrons.